The molecule has 0 saturated carbocycles. The summed E-state index contributed by atoms with van der Waals surface area (Å²) in [6, 6.07) is 17.0. The van der Waals surface area contributed by atoms with Crippen molar-refractivity contribution >= 4 is 29.1 Å². The van der Waals surface area contributed by atoms with E-state index in [1.165, 1.54) is 0 Å². The van der Waals surface area contributed by atoms with Crippen LogP contribution in [0.3, 0.4) is 0 Å². The van der Waals surface area contributed by atoms with Crippen LogP contribution in [0.5, 0.6) is 0 Å². The van der Waals surface area contributed by atoms with Crippen LogP contribution >= 0.6 is 23.4 Å². The van der Waals surface area contributed by atoms with Crippen LogP contribution in [-0.2, 0) is 0 Å². The summed E-state index contributed by atoms with van der Waals surface area (Å²) >= 11 is 7.38. The molecule has 2 rings (SSSR count). The van der Waals surface area contributed by atoms with E-state index in [0.717, 1.165) is 4.90 Å². The average molecular weight is 277 g/mol. The highest BCUT2D eigenvalue weighted by molar-refractivity contribution is 8.00. The molecule has 0 spiro atoms. The fourth-order valence-corrected chi connectivity index (χ4v) is 2.70. The Morgan fingerprint density at radius 3 is 2.28 bits per heavy atom. The van der Waals surface area contributed by atoms with Gasteiger partial charge in [0.15, 0.2) is 5.78 Å². The van der Waals surface area contributed by atoms with Gasteiger partial charge in [0.05, 0.1) is 5.25 Å². The largest absolute Gasteiger partial charge is 0.293 e. The zero-order valence-electron chi connectivity index (χ0n) is 9.97. The van der Waals surface area contributed by atoms with Crippen molar-refractivity contribution in [3.8, 4) is 0 Å². The molecule has 0 fully saturated rings. The quantitative estimate of drug-likeness (QED) is 0.594. The van der Waals surface area contributed by atoms with E-state index in [1.54, 1.807) is 36.0 Å². The summed E-state index contributed by atoms with van der Waals surface area (Å²) in [5.74, 6) is 0.125. The zero-order chi connectivity index (χ0) is 13.0. The zero-order valence-corrected chi connectivity index (χ0v) is 11.5. The van der Waals surface area contributed by atoms with Gasteiger partial charge in [0, 0.05) is 15.5 Å². The van der Waals surface area contributed by atoms with Crippen molar-refractivity contribution in [1.82, 2.24) is 0 Å². The second-order valence-corrected chi connectivity index (χ2v) is 5.79. The monoisotopic (exact) mass is 276 g/mol. The number of benzene rings is 2. The van der Waals surface area contributed by atoms with E-state index in [1.807, 2.05) is 37.3 Å². The van der Waals surface area contributed by atoms with Gasteiger partial charge in [0.1, 0.15) is 0 Å². The van der Waals surface area contributed by atoms with Gasteiger partial charge in [-0.05, 0) is 43.3 Å². The maximum atomic E-state index is 12.2. The average Bonchev–Trinajstić information content (AvgIpc) is 2.40. The highest BCUT2D eigenvalue weighted by Gasteiger charge is 2.16. The van der Waals surface area contributed by atoms with Gasteiger partial charge in [-0.1, -0.05) is 29.8 Å². The maximum Gasteiger partial charge on any atom is 0.175 e. The van der Waals surface area contributed by atoms with Crippen LogP contribution in [0.15, 0.2) is 59.5 Å². The third kappa shape index (κ3) is 3.37. The van der Waals surface area contributed by atoms with Crippen LogP contribution in [0.25, 0.3) is 0 Å². The molecule has 0 aliphatic heterocycles. The lowest BCUT2D eigenvalue weighted by Crippen LogP contribution is -2.13. The first-order valence-electron chi connectivity index (χ1n) is 5.68. The van der Waals surface area contributed by atoms with Gasteiger partial charge in [0.25, 0.3) is 0 Å². The summed E-state index contributed by atoms with van der Waals surface area (Å²) in [5.41, 5.74) is 0.704. The van der Waals surface area contributed by atoms with Crippen molar-refractivity contribution in [2.24, 2.45) is 0 Å². The van der Waals surface area contributed by atoms with Crippen LogP contribution < -0.4 is 0 Å². The minimum absolute atomic E-state index is 0.103. The Morgan fingerprint density at radius 1 is 1.06 bits per heavy atom. The van der Waals surface area contributed by atoms with E-state index >= 15 is 0 Å². The maximum absolute atomic E-state index is 12.2. The molecular weight excluding hydrogens is 264 g/mol. The van der Waals surface area contributed by atoms with Crippen molar-refractivity contribution in [1.29, 1.82) is 0 Å². The Hall–Kier alpha value is -1.25. The minimum atomic E-state index is -0.103. The number of carbonyl (C=O) groups excluding carboxylic acids is 1. The van der Waals surface area contributed by atoms with E-state index in [2.05, 4.69) is 0 Å². The second-order valence-electron chi connectivity index (χ2n) is 3.94. The number of carbonyl (C=O) groups is 1. The summed E-state index contributed by atoms with van der Waals surface area (Å²) < 4.78 is 0. The molecule has 0 N–H and O–H groups in total. The van der Waals surface area contributed by atoms with Crippen molar-refractivity contribution < 1.29 is 4.79 Å². The van der Waals surface area contributed by atoms with E-state index in [4.69, 9.17) is 11.6 Å². The number of halogens is 1. The molecule has 3 heteroatoms. The third-order valence-electron chi connectivity index (χ3n) is 2.55. The van der Waals surface area contributed by atoms with E-state index in [9.17, 15) is 4.79 Å². The Bertz CT molecular complexity index is 522. The number of hydrogen-bond acceptors (Lipinski definition) is 2. The van der Waals surface area contributed by atoms with Crippen LogP contribution in [0, 0.1) is 0 Å². The Morgan fingerprint density at radius 2 is 1.67 bits per heavy atom. The molecule has 0 aliphatic rings. The summed E-state index contributed by atoms with van der Waals surface area (Å²) in [4.78, 5) is 13.3. The van der Waals surface area contributed by atoms with Gasteiger partial charge in [0.2, 0.25) is 0 Å². The predicted molar refractivity (Wildman–Crippen MR) is 77.5 cm³/mol. The van der Waals surface area contributed by atoms with Gasteiger partial charge < -0.3 is 0 Å². The smallest absolute Gasteiger partial charge is 0.175 e. The molecule has 0 saturated heterocycles. The normalized spacial score (nSPS) is 12.1. The molecule has 92 valence electrons. The van der Waals surface area contributed by atoms with Crippen LogP contribution in [-0.4, -0.2) is 11.0 Å². The molecule has 0 aliphatic carbocycles. The molecule has 2 aromatic carbocycles. The first-order valence-corrected chi connectivity index (χ1v) is 6.94. The molecule has 0 radical (unpaired) electrons. The van der Waals surface area contributed by atoms with Gasteiger partial charge in [-0.15, -0.1) is 11.8 Å². The fraction of sp³-hybridized carbons (Fsp3) is 0.133. The number of ketones is 1. The topological polar surface area (TPSA) is 17.1 Å². The molecule has 0 amide bonds. The molecule has 2 aromatic rings. The minimum Gasteiger partial charge on any atom is -0.293 e. The van der Waals surface area contributed by atoms with Crippen molar-refractivity contribution in [3.05, 3.63) is 65.2 Å². The first-order chi connectivity index (χ1) is 8.66. The highest BCUT2D eigenvalue weighted by Crippen LogP contribution is 2.25. The van der Waals surface area contributed by atoms with Gasteiger partial charge >= 0.3 is 0 Å². The van der Waals surface area contributed by atoms with E-state index in [-0.39, 0.29) is 11.0 Å². The second kappa shape index (κ2) is 6.07. The van der Waals surface area contributed by atoms with Crippen LogP contribution in [0.4, 0.5) is 0 Å². The lowest BCUT2D eigenvalue weighted by atomic mass is 10.1. The van der Waals surface area contributed by atoms with Crippen molar-refractivity contribution in [3.63, 3.8) is 0 Å². The van der Waals surface area contributed by atoms with Crippen molar-refractivity contribution in [2.75, 3.05) is 0 Å². The molecule has 0 heterocycles. The summed E-state index contributed by atoms with van der Waals surface area (Å²) in [7, 11) is 0. The molecule has 0 aromatic heterocycles. The SMILES string of the molecule is CC(Sc1ccccc1)C(=O)c1ccc(Cl)cc1. The molecule has 0 bridgehead atoms. The fourth-order valence-electron chi connectivity index (χ4n) is 1.61. The molecule has 1 unspecified atom stereocenters. The van der Waals surface area contributed by atoms with E-state index in [0.29, 0.717) is 10.6 Å². The van der Waals surface area contributed by atoms with Gasteiger partial charge in [-0.3, -0.25) is 4.79 Å². The van der Waals surface area contributed by atoms with Crippen LogP contribution in [0.1, 0.15) is 17.3 Å². The van der Waals surface area contributed by atoms with Gasteiger partial charge in [-0.2, -0.15) is 0 Å². The van der Waals surface area contributed by atoms with Crippen LogP contribution in [0.2, 0.25) is 5.02 Å². The number of rotatable bonds is 4. The highest BCUT2D eigenvalue weighted by atomic mass is 35.5. The number of Topliss-reactive ketones (excluding diaryl/α,β-unsaturated/α-hetero) is 1. The number of hydrogen-bond donors (Lipinski definition) is 0. The molecule has 18 heavy (non-hydrogen) atoms. The summed E-state index contributed by atoms with van der Waals surface area (Å²) in [6.07, 6.45) is 0. The lowest BCUT2D eigenvalue weighted by molar-refractivity contribution is 0.0994. The first kappa shape index (κ1) is 13.2. The van der Waals surface area contributed by atoms with E-state index < -0.39 is 0 Å². The summed E-state index contributed by atoms with van der Waals surface area (Å²) in [5, 5.41) is 0.545. The number of thioether (sulfide) groups is 1. The molecule has 1 atom stereocenters. The Kier molecular flexibility index (Phi) is 4.45. The van der Waals surface area contributed by atoms with Gasteiger partial charge in [-0.25, -0.2) is 0 Å². The Labute approximate surface area is 116 Å². The summed E-state index contributed by atoms with van der Waals surface area (Å²) in [6.45, 7) is 1.93. The standard InChI is InChI=1S/C15H13ClOS/c1-11(18-14-5-3-2-4-6-14)15(17)12-7-9-13(16)10-8-12/h2-11H,1H3. The third-order valence-corrected chi connectivity index (χ3v) is 3.92. The Balaban J connectivity index is 2.07. The van der Waals surface area contributed by atoms with Crippen molar-refractivity contribution in [2.45, 2.75) is 17.1 Å². The molecule has 1 nitrogen and oxygen atoms in total. The lowest BCUT2D eigenvalue weighted by Gasteiger charge is -2.10. The predicted octanol–water partition coefficient (Wildman–Crippen LogP) is 4.70. The molecular formula is C15H13ClOS.